The molecule has 0 bridgehead atoms. The molecule has 0 heterocycles. The summed E-state index contributed by atoms with van der Waals surface area (Å²) in [5.41, 5.74) is 0. The van der Waals surface area contributed by atoms with Crippen LogP contribution in [-0.2, 0) is 27.9 Å². The molecule has 0 aromatic rings. The van der Waals surface area contributed by atoms with E-state index in [4.69, 9.17) is 18.5 Å². The van der Waals surface area contributed by atoms with Crippen LogP contribution in [0.2, 0.25) is 0 Å². The molecule has 1 aliphatic rings. The Balaban J connectivity index is 2.34. The Morgan fingerprint density at radius 3 is 1.33 bits per heavy atom. The van der Waals surface area contributed by atoms with E-state index in [0.717, 1.165) is 44.9 Å². The van der Waals surface area contributed by atoms with Gasteiger partial charge in [-0.05, 0) is 12.8 Å². The predicted octanol–water partition coefficient (Wildman–Crippen LogP) is 7.42. The maximum Gasteiger partial charge on any atom is 0.472 e. The molecule has 0 saturated heterocycles. The third-order valence-corrected chi connectivity index (χ3v) is 11.0. The number of carbonyl (C=O) groups excluding carboxylic acids is 1. The van der Waals surface area contributed by atoms with E-state index in [1.54, 1.807) is 0 Å². The number of aliphatic hydroxyl groups excluding tert-OH is 5. The summed E-state index contributed by atoms with van der Waals surface area (Å²) in [6.07, 6.45) is 17.8. The monoisotopic (exact) mass is 769 g/mol. The summed E-state index contributed by atoms with van der Waals surface area (Å²) < 4.78 is 33.9. The second-order valence-electron chi connectivity index (χ2n) is 14.9. The maximum atomic E-state index is 12.7. The molecule has 0 aromatic carbocycles. The first-order valence-electron chi connectivity index (χ1n) is 20.9. The van der Waals surface area contributed by atoms with E-state index in [-0.39, 0.29) is 13.0 Å². The fourth-order valence-corrected chi connectivity index (χ4v) is 7.56. The minimum Gasteiger partial charge on any atom is -0.457 e. The first-order chi connectivity index (χ1) is 25.0. The van der Waals surface area contributed by atoms with Gasteiger partial charge in [-0.2, -0.15) is 0 Å². The minimum absolute atomic E-state index is 0.0694. The van der Waals surface area contributed by atoms with Crippen LogP contribution in [0.1, 0.15) is 181 Å². The smallest absolute Gasteiger partial charge is 0.457 e. The molecular formula is C39H77O12P. The highest BCUT2D eigenvalue weighted by Gasteiger charge is 2.51. The summed E-state index contributed by atoms with van der Waals surface area (Å²) in [7, 11) is -5.00. The molecular weight excluding hydrogens is 691 g/mol. The van der Waals surface area contributed by atoms with E-state index in [2.05, 4.69) is 13.8 Å². The van der Waals surface area contributed by atoms with Gasteiger partial charge in [0.05, 0.1) is 13.2 Å². The van der Waals surface area contributed by atoms with Gasteiger partial charge in [0.15, 0.2) is 0 Å². The van der Waals surface area contributed by atoms with Crippen molar-refractivity contribution < 1.29 is 58.3 Å². The number of esters is 1. The van der Waals surface area contributed by atoms with E-state index < -0.39 is 63.1 Å². The van der Waals surface area contributed by atoms with E-state index in [0.29, 0.717) is 13.0 Å². The third kappa shape index (κ3) is 24.0. The normalized spacial score (nSPS) is 23.8. The molecule has 6 N–H and O–H groups in total. The van der Waals surface area contributed by atoms with Crippen LogP contribution in [0.4, 0.5) is 0 Å². The lowest BCUT2D eigenvalue weighted by atomic mass is 9.85. The number of phosphoric acid groups is 1. The number of aliphatic hydroxyl groups is 5. The molecule has 6 unspecified atom stereocenters. The van der Waals surface area contributed by atoms with Gasteiger partial charge in [-0.25, -0.2) is 4.57 Å². The van der Waals surface area contributed by atoms with Crippen LogP contribution in [0.5, 0.6) is 0 Å². The molecule has 13 heteroatoms. The number of unbranched alkanes of at least 4 members (excludes halogenated alkanes) is 23. The maximum absolute atomic E-state index is 12.7. The second kappa shape index (κ2) is 31.5. The predicted molar refractivity (Wildman–Crippen MR) is 203 cm³/mol. The molecule has 6 atom stereocenters. The highest BCUT2D eigenvalue weighted by atomic mass is 31.2. The Labute approximate surface area is 315 Å². The van der Waals surface area contributed by atoms with Crippen LogP contribution in [-0.4, -0.2) is 98.9 Å². The summed E-state index contributed by atoms with van der Waals surface area (Å²) in [5.74, 6) is -0.481. The number of phosphoric ester groups is 1. The van der Waals surface area contributed by atoms with E-state index in [1.807, 2.05) is 0 Å². The molecule has 1 saturated carbocycles. The van der Waals surface area contributed by atoms with Crippen LogP contribution >= 0.6 is 7.82 Å². The zero-order chi connectivity index (χ0) is 38.5. The summed E-state index contributed by atoms with van der Waals surface area (Å²) in [4.78, 5) is 22.9. The Hall–Kier alpha value is -0.660. The Morgan fingerprint density at radius 1 is 0.538 bits per heavy atom. The van der Waals surface area contributed by atoms with Crippen molar-refractivity contribution in [3.63, 3.8) is 0 Å². The van der Waals surface area contributed by atoms with Crippen LogP contribution in [0, 0.1) is 0 Å². The van der Waals surface area contributed by atoms with Crippen molar-refractivity contribution in [1.29, 1.82) is 0 Å². The molecule has 52 heavy (non-hydrogen) atoms. The van der Waals surface area contributed by atoms with Crippen molar-refractivity contribution in [2.24, 2.45) is 0 Å². The van der Waals surface area contributed by atoms with Crippen molar-refractivity contribution in [2.45, 2.75) is 224 Å². The molecule has 12 nitrogen and oxygen atoms in total. The third-order valence-electron chi connectivity index (χ3n) is 9.98. The molecule has 0 amide bonds. The Kier molecular flexibility index (Phi) is 29.9. The average Bonchev–Trinajstić information content (AvgIpc) is 3.12. The number of hydrogen-bond donors (Lipinski definition) is 6. The fourth-order valence-electron chi connectivity index (χ4n) is 6.59. The van der Waals surface area contributed by atoms with Crippen LogP contribution in [0.25, 0.3) is 0 Å². The lowest BCUT2D eigenvalue weighted by Gasteiger charge is -2.41. The molecule has 310 valence electrons. The lowest BCUT2D eigenvalue weighted by Crippen LogP contribution is -2.64. The van der Waals surface area contributed by atoms with Gasteiger partial charge in [0.2, 0.25) is 0 Å². The van der Waals surface area contributed by atoms with Crippen molar-refractivity contribution >= 4 is 13.8 Å². The van der Waals surface area contributed by atoms with E-state index >= 15 is 0 Å². The number of hydrogen-bond acceptors (Lipinski definition) is 11. The first-order valence-corrected chi connectivity index (χ1v) is 22.4. The number of rotatable bonds is 35. The highest BCUT2D eigenvalue weighted by Crippen LogP contribution is 2.47. The van der Waals surface area contributed by atoms with Crippen LogP contribution < -0.4 is 0 Å². The van der Waals surface area contributed by atoms with Gasteiger partial charge in [-0.1, -0.05) is 162 Å². The number of carbonyl (C=O) groups is 1. The summed E-state index contributed by atoms with van der Waals surface area (Å²) in [6, 6.07) is 0. The van der Waals surface area contributed by atoms with Gasteiger partial charge in [0, 0.05) is 13.0 Å². The van der Waals surface area contributed by atoms with Gasteiger partial charge in [-0.15, -0.1) is 0 Å². The molecule has 0 radical (unpaired) electrons. The summed E-state index contributed by atoms with van der Waals surface area (Å²) in [5, 5.41) is 49.9. The van der Waals surface area contributed by atoms with Gasteiger partial charge >= 0.3 is 13.8 Å². The highest BCUT2D eigenvalue weighted by molar-refractivity contribution is 7.47. The van der Waals surface area contributed by atoms with E-state index in [9.17, 15) is 39.8 Å². The molecule has 1 aliphatic carbocycles. The number of ether oxygens (including phenoxy) is 2. The van der Waals surface area contributed by atoms with Gasteiger partial charge in [-0.3, -0.25) is 13.8 Å². The van der Waals surface area contributed by atoms with Crippen molar-refractivity contribution in [2.75, 3.05) is 19.8 Å². The molecule has 0 aromatic heterocycles. The lowest BCUT2D eigenvalue weighted by molar-refractivity contribution is -0.220. The topological polar surface area (TPSA) is 192 Å². The van der Waals surface area contributed by atoms with Crippen molar-refractivity contribution in [3.05, 3.63) is 0 Å². The fraction of sp³-hybridized carbons (Fsp3) is 0.974. The van der Waals surface area contributed by atoms with E-state index in [1.165, 1.54) is 109 Å². The average molecular weight is 769 g/mol. The Bertz CT molecular complexity index is 879. The second-order valence-corrected chi connectivity index (χ2v) is 16.3. The first kappa shape index (κ1) is 49.4. The minimum atomic E-state index is -5.00. The van der Waals surface area contributed by atoms with Gasteiger partial charge in [0.25, 0.3) is 0 Å². The zero-order valence-electron chi connectivity index (χ0n) is 32.6. The quantitative estimate of drug-likeness (QED) is 0.0213. The summed E-state index contributed by atoms with van der Waals surface area (Å²) >= 11 is 0. The van der Waals surface area contributed by atoms with Crippen LogP contribution in [0.3, 0.4) is 0 Å². The molecule has 0 spiro atoms. The van der Waals surface area contributed by atoms with Crippen molar-refractivity contribution in [1.82, 2.24) is 0 Å². The van der Waals surface area contributed by atoms with Gasteiger partial charge < -0.3 is 39.9 Å². The summed E-state index contributed by atoms with van der Waals surface area (Å²) in [6.45, 7) is 4.21. The van der Waals surface area contributed by atoms with Crippen LogP contribution in [0.15, 0.2) is 0 Å². The Morgan fingerprint density at radius 2 is 0.904 bits per heavy atom. The zero-order valence-corrected chi connectivity index (χ0v) is 33.5. The SMILES string of the molecule is CCCCCCCCCCCCCCCCCCCCOCC(COP(=O)(O)OC1C(O)C(O)C(O)C(O)C1O)OC(=O)CCCCCCCCC. The molecule has 1 fully saturated rings. The van der Waals surface area contributed by atoms with Crippen molar-refractivity contribution in [3.8, 4) is 0 Å². The largest absolute Gasteiger partial charge is 0.472 e. The molecule has 0 aliphatic heterocycles. The standard InChI is InChI=1S/C39H77O12P/c1-3-5-7-9-11-12-13-14-15-16-17-18-19-20-21-23-25-27-29-48-30-32(50-33(40)28-26-24-22-10-8-6-4-2)31-49-52(46,47)51-39-37(44)35(42)34(41)36(43)38(39)45/h32,34-39,41-45H,3-31H2,1-2H3,(H,46,47). The van der Waals surface area contributed by atoms with Gasteiger partial charge in [0.1, 0.15) is 42.7 Å². The molecule has 1 rings (SSSR count).